The van der Waals surface area contributed by atoms with Gasteiger partial charge in [0.05, 0.1) is 16.3 Å². The summed E-state index contributed by atoms with van der Waals surface area (Å²) in [5, 5.41) is 2.52. The zero-order valence-corrected chi connectivity index (χ0v) is 12.6. The monoisotopic (exact) mass is 345 g/mol. The number of benzene rings is 1. The molecule has 0 aliphatic rings. The molecule has 0 heterocycles. The van der Waals surface area contributed by atoms with E-state index in [2.05, 4.69) is 5.32 Å². The molecule has 0 aliphatic carbocycles. The predicted molar refractivity (Wildman–Crippen MR) is 72.5 cm³/mol. The molecule has 0 saturated heterocycles. The van der Waals surface area contributed by atoms with Crippen molar-refractivity contribution in [3.63, 3.8) is 0 Å². The fraction of sp³-hybridized carbons (Fsp3) is 0.455. The van der Waals surface area contributed by atoms with Crippen LogP contribution in [0.5, 0.6) is 0 Å². The second kappa shape index (κ2) is 6.22. The van der Waals surface area contributed by atoms with Crippen LogP contribution in [0.25, 0.3) is 0 Å². The molecule has 10 heteroatoms. The van der Waals surface area contributed by atoms with Crippen LogP contribution in [0.15, 0.2) is 29.2 Å². The van der Waals surface area contributed by atoms with Crippen molar-refractivity contribution in [2.24, 2.45) is 0 Å². The highest BCUT2D eigenvalue weighted by Crippen LogP contribution is 2.34. The molecule has 1 N–H and O–H groups in total. The number of alkyl halides is 3. The van der Waals surface area contributed by atoms with Crippen molar-refractivity contribution in [2.75, 3.05) is 23.9 Å². The van der Waals surface area contributed by atoms with Crippen molar-refractivity contribution >= 4 is 25.4 Å². The minimum absolute atomic E-state index is 0.0391. The first-order valence-corrected chi connectivity index (χ1v) is 9.31. The lowest BCUT2D eigenvalue weighted by molar-refractivity contribution is -0.0435. The van der Waals surface area contributed by atoms with E-state index in [0.29, 0.717) is 0 Å². The van der Waals surface area contributed by atoms with E-state index < -0.39 is 30.1 Å². The second-order valence-electron chi connectivity index (χ2n) is 4.36. The number of para-hydroxylation sites is 1. The highest BCUT2D eigenvalue weighted by atomic mass is 32.2. The van der Waals surface area contributed by atoms with Gasteiger partial charge >= 0.3 is 5.51 Å². The molecule has 1 aromatic carbocycles. The molecule has 1 aromatic rings. The van der Waals surface area contributed by atoms with Crippen LogP contribution in [0, 0.1) is 0 Å². The summed E-state index contributed by atoms with van der Waals surface area (Å²) in [7, 11) is -8.63. The third-order valence-electron chi connectivity index (χ3n) is 2.49. The number of nitrogens with one attached hydrogen (secondary N) is 1. The van der Waals surface area contributed by atoms with Gasteiger partial charge in [-0.3, -0.25) is 0 Å². The lowest BCUT2D eigenvalue weighted by Crippen LogP contribution is -2.24. The van der Waals surface area contributed by atoms with E-state index in [1.807, 2.05) is 0 Å². The highest BCUT2D eigenvalue weighted by Gasteiger charge is 2.47. The normalized spacial score (nSPS) is 13.1. The zero-order chi connectivity index (χ0) is 16.3. The van der Waals surface area contributed by atoms with Gasteiger partial charge in [-0.1, -0.05) is 12.1 Å². The fourth-order valence-electron chi connectivity index (χ4n) is 1.53. The average Bonchev–Trinajstić information content (AvgIpc) is 2.32. The molecule has 120 valence electrons. The summed E-state index contributed by atoms with van der Waals surface area (Å²) >= 11 is 0. The molecule has 0 atom stereocenters. The number of anilines is 1. The van der Waals surface area contributed by atoms with Gasteiger partial charge < -0.3 is 5.32 Å². The van der Waals surface area contributed by atoms with E-state index in [1.165, 1.54) is 18.2 Å². The quantitative estimate of drug-likeness (QED) is 0.796. The van der Waals surface area contributed by atoms with Crippen LogP contribution in [0.2, 0.25) is 0 Å². The van der Waals surface area contributed by atoms with Gasteiger partial charge in [0.25, 0.3) is 9.84 Å². The first-order chi connectivity index (χ1) is 9.45. The Kier molecular flexibility index (Phi) is 5.26. The van der Waals surface area contributed by atoms with Gasteiger partial charge in [-0.25, -0.2) is 16.8 Å². The molecule has 0 bridgehead atoms. The Balaban J connectivity index is 2.92. The lowest BCUT2D eigenvalue weighted by Gasteiger charge is -2.13. The number of hydrogen-bond acceptors (Lipinski definition) is 5. The Hall–Kier alpha value is -1.29. The van der Waals surface area contributed by atoms with Crippen LogP contribution in [0.3, 0.4) is 0 Å². The Morgan fingerprint density at radius 3 is 2.19 bits per heavy atom. The van der Waals surface area contributed by atoms with E-state index in [4.69, 9.17) is 0 Å². The zero-order valence-electron chi connectivity index (χ0n) is 11.0. The van der Waals surface area contributed by atoms with Crippen LogP contribution >= 0.6 is 0 Å². The predicted octanol–water partition coefficient (Wildman–Crippen LogP) is 1.83. The van der Waals surface area contributed by atoms with Crippen LogP contribution in [-0.4, -0.2) is 40.9 Å². The minimum atomic E-state index is -5.45. The Morgan fingerprint density at radius 1 is 1.10 bits per heavy atom. The van der Waals surface area contributed by atoms with Crippen LogP contribution in [0.4, 0.5) is 18.9 Å². The van der Waals surface area contributed by atoms with Crippen molar-refractivity contribution in [2.45, 2.75) is 16.8 Å². The molecule has 5 nitrogen and oxygen atoms in total. The van der Waals surface area contributed by atoms with E-state index in [9.17, 15) is 30.0 Å². The number of hydrogen-bond donors (Lipinski definition) is 1. The minimum Gasteiger partial charge on any atom is -0.384 e. The first kappa shape index (κ1) is 17.8. The molecule has 21 heavy (non-hydrogen) atoms. The van der Waals surface area contributed by atoms with Crippen molar-refractivity contribution in [3.8, 4) is 0 Å². The Labute approximate surface area is 121 Å². The third kappa shape index (κ3) is 4.88. The van der Waals surface area contributed by atoms with Crippen molar-refractivity contribution in [1.29, 1.82) is 0 Å². The molecular formula is C11H14F3NO4S2. The van der Waals surface area contributed by atoms with Gasteiger partial charge in [-0.15, -0.1) is 0 Å². The lowest BCUT2D eigenvalue weighted by atomic mass is 10.3. The summed E-state index contributed by atoms with van der Waals surface area (Å²) in [6, 6.07) is 4.61. The average molecular weight is 345 g/mol. The van der Waals surface area contributed by atoms with Crippen LogP contribution in [0.1, 0.15) is 6.42 Å². The molecule has 1 rings (SSSR count). The van der Waals surface area contributed by atoms with Gasteiger partial charge in [0.15, 0.2) is 0 Å². The highest BCUT2D eigenvalue weighted by molar-refractivity contribution is 7.92. The summed E-state index contributed by atoms with van der Waals surface area (Å²) in [6.07, 6.45) is 1.19. The molecule has 0 saturated carbocycles. The van der Waals surface area contributed by atoms with Crippen LogP contribution < -0.4 is 5.32 Å². The summed E-state index contributed by atoms with van der Waals surface area (Å²) < 4.78 is 82.3. The van der Waals surface area contributed by atoms with Crippen molar-refractivity contribution < 1.29 is 30.0 Å². The standard InChI is InChI=1S/C11H14F3NO4S2/c1-20(16,17)8-4-7-15-9-5-2-3-6-10(9)21(18,19)11(12,13)14/h2-3,5-6,15H,4,7-8H2,1H3. The van der Waals surface area contributed by atoms with E-state index in [-0.39, 0.29) is 24.4 Å². The van der Waals surface area contributed by atoms with Crippen molar-refractivity contribution in [3.05, 3.63) is 24.3 Å². The van der Waals surface area contributed by atoms with E-state index in [1.54, 1.807) is 0 Å². The molecule has 0 amide bonds. The van der Waals surface area contributed by atoms with E-state index >= 15 is 0 Å². The summed E-state index contributed by atoms with van der Waals surface area (Å²) in [4.78, 5) is -0.878. The van der Waals surface area contributed by atoms with Gasteiger partial charge in [0.1, 0.15) is 9.84 Å². The molecular weight excluding hydrogens is 331 g/mol. The Bertz CT molecular complexity index is 696. The first-order valence-electron chi connectivity index (χ1n) is 5.77. The molecule has 0 spiro atoms. The summed E-state index contributed by atoms with van der Waals surface area (Å²) in [6.45, 7) is 0.0391. The van der Waals surface area contributed by atoms with Gasteiger partial charge in [0, 0.05) is 12.8 Å². The fourth-order valence-corrected chi connectivity index (χ4v) is 3.13. The molecule has 0 aromatic heterocycles. The topological polar surface area (TPSA) is 80.3 Å². The number of sulfone groups is 2. The summed E-state index contributed by atoms with van der Waals surface area (Å²) in [5.74, 6) is -0.145. The smallest absolute Gasteiger partial charge is 0.384 e. The maximum absolute atomic E-state index is 12.5. The third-order valence-corrected chi connectivity index (χ3v) is 5.06. The molecule has 0 unspecified atom stereocenters. The maximum atomic E-state index is 12.5. The van der Waals surface area contributed by atoms with Gasteiger partial charge in [0.2, 0.25) is 0 Å². The van der Waals surface area contributed by atoms with Crippen LogP contribution in [-0.2, 0) is 19.7 Å². The number of halogens is 3. The van der Waals surface area contributed by atoms with Gasteiger partial charge in [-0.2, -0.15) is 13.2 Å². The number of rotatable bonds is 6. The largest absolute Gasteiger partial charge is 0.501 e. The van der Waals surface area contributed by atoms with Gasteiger partial charge in [-0.05, 0) is 18.6 Å². The molecule has 0 aliphatic heterocycles. The molecule has 0 fully saturated rings. The maximum Gasteiger partial charge on any atom is 0.501 e. The molecule has 0 radical (unpaired) electrons. The Morgan fingerprint density at radius 2 is 1.67 bits per heavy atom. The van der Waals surface area contributed by atoms with Crippen molar-refractivity contribution in [1.82, 2.24) is 0 Å². The second-order valence-corrected chi connectivity index (χ2v) is 8.52. The summed E-state index contributed by atoms with van der Waals surface area (Å²) in [5.41, 5.74) is -5.60. The SMILES string of the molecule is CS(=O)(=O)CCCNc1ccccc1S(=O)(=O)C(F)(F)F. The van der Waals surface area contributed by atoms with E-state index in [0.717, 1.165) is 12.3 Å².